The topological polar surface area (TPSA) is 0 Å². The van der Waals surface area contributed by atoms with Gasteiger partial charge in [0, 0.05) is 5.41 Å². The van der Waals surface area contributed by atoms with Crippen molar-refractivity contribution in [2.24, 2.45) is 0 Å². The van der Waals surface area contributed by atoms with Gasteiger partial charge >= 0.3 is 0 Å². The summed E-state index contributed by atoms with van der Waals surface area (Å²) in [5, 5.41) is 0. The molecular weight excluding hydrogens is 252 g/mol. The molecule has 21 heavy (non-hydrogen) atoms. The summed E-state index contributed by atoms with van der Waals surface area (Å²) in [7, 11) is 0. The van der Waals surface area contributed by atoms with Gasteiger partial charge in [0.25, 0.3) is 0 Å². The van der Waals surface area contributed by atoms with Crippen LogP contribution < -0.4 is 0 Å². The highest BCUT2D eigenvalue weighted by molar-refractivity contribution is 5.50. The quantitative estimate of drug-likeness (QED) is 0.577. The second-order valence-electron chi connectivity index (χ2n) is 5.21. The van der Waals surface area contributed by atoms with E-state index in [2.05, 4.69) is 72.8 Å². The van der Waals surface area contributed by atoms with Crippen LogP contribution in [0.2, 0.25) is 0 Å². The third-order valence-electron chi connectivity index (χ3n) is 4.11. The molecule has 0 aliphatic rings. The predicted molar refractivity (Wildman–Crippen MR) is 88.1 cm³/mol. The second-order valence-corrected chi connectivity index (χ2v) is 5.21. The molecular formula is C21H18. The van der Waals surface area contributed by atoms with Crippen LogP contribution in [0.25, 0.3) is 0 Å². The minimum absolute atomic E-state index is 0.302. The number of hydrogen-bond acceptors (Lipinski definition) is 0. The van der Waals surface area contributed by atoms with Crippen LogP contribution in [-0.4, -0.2) is 0 Å². The van der Waals surface area contributed by atoms with Crippen molar-refractivity contribution >= 4 is 0 Å². The maximum Gasteiger partial charge on any atom is 0.0454 e. The lowest BCUT2D eigenvalue weighted by molar-refractivity contribution is 0.625. The lowest BCUT2D eigenvalue weighted by atomic mass is 9.68. The Balaban J connectivity index is 2.29. The fourth-order valence-corrected chi connectivity index (χ4v) is 3.02. The molecule has 0 saturated carbocycles. The summed E-state index contributed by atoms with van der Waals surface area (Å²) in [4.78, 5) is 0. The predicted octanol–water partition coefficient (Wildman–Crippen LogP) is 5.12. The fourth-order valence-electron chi connectivity index (χ4n) is 3.02. The molecule has 0 N–H and O–H groups in total. The number of rotatable bonds is 4. The van der Waals surface area contributed by atoms with Gasteiger partial charge in [0.2, 0.25) is 0 Å². The Morgan fingerprint density at radius 3 is 1.05 bits per heavy atom. The van der Waals surface area contributed by atoms with Crippen LogP contribution in [0.3, 0.4) is 0 Å². The molecule has 2 radical (unpaired) electrons. The smallest absolute Gasteiger partial charge is 0.0454 e. The van der Waals surface area contributed by atoms with Crippen molar-refractivity contribution in [3.05, 3.63) is 115 Å². The van der Waals surface area contributed by atoms with E-state index in [1.807, 2.05) is 18.2 Å². The number of hydrogen-bond donors (Lipinski definition) is 0. The van der Waals surface area contributed by atoms with Crippen LogP contribution in [-0.2, 0) is 5.41 Å². The zero-order valence-corrected chi connectivity index (χ0v) is 11.9. The van der Waals surface area contributed by atoms with Crippen LogP contribution in [0, 0.1) is 6.92 Å². The zero-order chi connectivity index (χ0) is 14.5. The van der Waals surface area contributed by atoms with E-state index in [9.17, 15) is 0 Å². The molecule has 3 rings (SSSR count). The van der Waals surface area contributed by atoms with Crippen molar-refractivity contribution in [3.63, 3.8) is 0 Å². The molecule has 3 aromatic carbocycles. The molecule has 0 saturated heterocycles. The molecule has 0 aliphatic carbocycles. The first-order valence-electron chi connectivity index (χ1n) is 7.24. The van der Waals surface area contributed by atoms with Gasteiger partial charge in [-0.1, -0.05) is 91.0 Å². The van der Waals surface area contributed by atoms with E-state index in [1.165, 1.54) is 16.7 Å². The van der Waals surface area contributed by atoms with Crippen molar-refractivity contribution in [2.75, 3.05) is 0 Å². The van der Waals surface area contributed by atoms with Crippen LogP contribution in [0.4, 0.5) is 0 Å². The average Bonchev–Trinajstić information content (AvgIpc) is 2.59. The molecule has 0 aromatic heterocycles. The highest BCUT2D eigenvalue weighted by Gasteiger charge is 2.34. The minimum Gasteiger partial charge on any atom is -0.0622 e. The van der Waals surface area contributed by atoms with Gasteiger partial charge in [0.15, 0.2) is 0 Å². The van der Waals surface area contributed by atoms with E-state index in [1.54, 1.807) is 0 Å². The third kappa shape index (κ3) is 2.38. The number of benzene rings is 3. The SMILES string of the molecule is [CH]CC(c1ccccc1)(c1ccccc1)c1ccccc1. The summed E-state index contributed by atoms with van der Waals surface area (Å²) >= 11 is 0. The third-order valence-corrected chi connectivity index (χ3v) is 4.11. The van der Waals surface area contributed by atoms with Crippen LogP contribution in [0.5, 0.6) is 0 Å². The lowest BCUT2D eigenvalue weighted by Crippen LogP contribution is -2.28. The van der Waals surface area contributed by atoms with Crippen molar-refractivity contribution in [1.29, 1.82) is 0 Å². The summed E-state index contributed by atoms with van der Waals surface area (Å²) in [6.45, 7) is 6.30. The molecule has 0 aliphatic heterocycles. The Kier molecular flexibility index (Phi) is 3.87. The van der Waals surface area contributed by atoms with Gasteiger partial charge in [-0.25, -0.2) is 0 Å². The molecule has 0 heteroatoms. The zero-order valence-electron chi connectivity index (χ0n) is 11.9. The molecule has 0 nitrogen and oxygen atoms in total. The van der Waals surface area contributed by atoms with E-state index in [0.29, 0.717) is 6.42 Å². The van der Waals surface area contributed by atoms with E-state index in [-0.39, 0.29) is 5.41 Å². The van der Waals surface area contributed by atoms with Crippen LogP contribution in [0.15, 0.2) is 91.0 Å². The molecule has 102 valence electrons. The second kappa shape index (κ2) is 5.97. The van der Waals surface area contributed by atoms with Crippen molar-refractivity contribution in [1.82, 2.24) is 0 Å². The van der Waals surface area contributed by atoms with Gasteiger partial charge in [-0.15, -0.1) is 0 Å². The maximum atomic E-state index is 6.30. The maximum absolute atomic E-state index is 6.30. The average molecular weight is 270 g/mol. The molecule has 0 spiro atoms. The summed E-state index contributed by atoms with van der Waals surface area (Å²) in [6.07, 6.45) is 0.533. The molecule has 0 bridgehead atoms. The van der Waals surface area contributed by atoms with Crippen LogP contribution >= 0.6 is 0 Å². The fraction of sp³-hybridized carbons (Fsp3) is 0.0952. The Labute approximate surface area is 127 Å². The first-order valence-corrected chi connectivity index (χ1v) is 7.24. The van der Waals surface area contributed by atoms with Gasteiger partial charge in [0.1, 0.15) is 0 Å². The van der Waals surface area contributed by atoms with Gasteiger partial charge in [-0.2, -0.15) is 0 Å². The Hall–Kier alpha value is -2.34. The van der Waals surface area contributed by atoms with E-state index in [4.69, 9.17) is 6.92 Å². The molecule has 0 heterocycles. The summed E-state index contributed by atoms with van der Waals surface area (Å²) in [6, 6.07) is 31.5. The van der Waals surface area contributed by atoms with Crippen molar-refractivity contribution in [2.45, 2.75) is 11.8 Å². The monoisotopic (exact) mass is 270 g/mol. The highest BCUT2D eigenvalue weighted by Crippen LogP contribution is 2.41. The molecule has 3 aromatic rings. The first-order chi connectivity index (χ1) is 10.4. The van der Waals surface area contributed by atoms with Gasteiger partial charge in [0.05, 0.1) is 0 Å². The van der Waals surface area contributed by atoms with Crippen molar-refractivity contribution in [3.8, 4) is 0 Å². The highest BCUT2D eigenvalue weighted by atomic mass is 14.4. The molecule has 0 fully saturated rings. The van der Waals surface area contributed by atoms with Crippen molar-refractivity contribution < 1.29 is 0 Å². The van der Waals surface area contributed by atoms with Crippen LogP contribution in [0.1, 0.15) is 23.1 Å². The first kappa shape index (κ1) is 13.6. The van der Waals surface area contributed by atoms with E-state index >= 15 is 0 Å². The van der Waals surface area contributed by atoms with Gasteiger partial charge < -0.3 is 0 Å². The summed E-state index contributed by atoms with van der Waals surface area (Å²) < 4.78 is 0. The van der Waals surface area contributed by atoms with Gasteiger partial charge in [-0.3, -0.25) is 0 Å². The van der Waals surface area contributed by atoms with E-state index in [0.717, 1.165) is 0 Å². The normalized spacial score (nSPS) is 11.3. The molecule has 0 amide bonds. The Morgan fingerprint density at radius 2 is 0.810 bits per heavy atom. The Bertz CT molecular complexity index is 572. The van der Waals surface area contributed by atoms with E-state index < -0.39 is 0 Å². The summed E-state index contributed by atoms with van der Waals surface area (Å²) in [5.41, 5.74) is 3.38. The molecule has 0 atom stereocenters. The summed E-state index contributed by atoms with van der Waals surface area (Å²) in [5.74, 6) is 0. The minimum atomic E-state index is -0.302. The Morgan fingerprint density at radius 1 is 0.524 bits per heavy atom. The van der Waals surface area contributed by atoms with Gasteiger partial charge in [-0.05, 0) is 30.0 Å². The lowest BCUT2D eigenvalue weighted by Gasteiger charge is -2.35. The molecule has 0 unspecified atom stereocenters. The largest absolute Gasteiger partial charge is 0.0622 e. The standard InChI is InChI=1S/C21H18/c1-2-21(18-12-6-3-7-13-18,19-14-8-4-9-15-19)20-16-10-5-11-17-20/h1,3-17H,2H2.